The Labute approximate surface area is 252 Å². The fraction of sp³-hybridized carbons (Fsp3) is 0.541. The van der Waals surface area contributed by atoms with Crippen LogP contribution in [0.15, 0.2) is 41.3 Å². The summed E-state index contributed by atoms with van der Waals surface area (Å²) in [5.41, 5.74) is 13.6. The highest BCUT2D eigenvalue weighted by atomic mass is 16.1. The summed E-state index contributed by atoms with van der Waals surface area (Å²) in [6.07, 6.45) is 6.91. The summed E-state index contributed by atoms with van der Waals surface area (Å²) in [5.74, 6) is 0.490. The van der Waals surface area contributed by atoms with Gasteiger partial charge in [-0.3, -0.25) is 14.6 Å². The second-order valence-corrected chi connectivity index (χ2v) is 13.7. The van der Waals surface area contributed by atoms with E-state index in [0.717, 1.165) is 63.2 Å². The van der Waals surface area contributed by atoms with E-state index in [4.69, 9.17) is 0 Å². The smallest absolute Gasteiger partial charge is 0.253 e. The molecule has 1 saturated carbocycles. The molecule has 224 valence electrons. The molecule has 42 heavy (non-hydrogen) atoms. The Morgan fingerprint density at radius 1 is 1.05 bits per heavy atom. The summed E-state index contributed by atoms with van der Waals surface area (Å²) in [7, 11) is 1.87. The van der Waals surface area contributed by atoms with E-state index in [9.17, 15) is 4.79 Å². The first-order valence-electron chi connectivity index (χ1n) is 16.2. The predicted molar refractivity (Wildman–Crippen MR) is 174 cm³/mol. The van der Waals surface area contributed by atoms with Crippen LogP contribution >= 0.6 is 0 Å². The van der Waals surface area contributed by atoms with E-state index in [1.807, 2.05) is 20.2 Å². The molecular weight excluding hydrogens is 516 g/mol. The van der Waals surface area contributed by atoms with E-state index in [1.165, 1.54) is 57.3 Å². The Balaban J connectivity index is 1.23. The number of piperazine rings is 1. The van der Waals surface area contributed by atoms with Gasteiger partial charge in [0, 0.05) is 68.7 Å². The van der Waals surface area contributed by atoms with Crippen LogP contribution in [-0.4, -0.2) is 46.1 Å². The maximum atomic E-state index is 12.5. The Kier molecular flexibility index (Phi) is 7.97. The first-order chi connectivity index (χ1) is 20.1. The zero-order valence-corrected chi connectivity index (χ0v) is 26.9. The molecule has 3 aliphatic rings. The predicted octanol–water partition coefficient (Wildman–Crippen LogP) is 6.55. The van der Waals surface area contributed by atoms with Crippen LogP contribution in [0.25, 0.3) is 11.1 Å². The number of nitrogens with zero attached hydrogens (tertiary/aromatic N) is 3. The van der Waals surface area contributed by atoms with Crippen molar-refractivity contribution in [3.8, 4) is 11.1 Å². The molecule has 1 N–H and O–H groups in total. The Morgan fingerprint density at radius 2 is 1.83 bits per heavy atom. The van der Waals surface area contributed by atoms with E-state index >= 15 is 0 Å². The minimum Gasteiger partial charge on any atom is -0.318 e. The van der Waals surface area contributed by atoms with Crippen LogP contribution in [-0.2, 0) is 26.6 Å². The van der Waals surface area contributed by atoms with Crippen molar-refractivity contribution in [2.24, 2.45) is 7.05 Å². The molecule has 0 bridgehead atoms. The van der Waals surface area contributed by atoms with Crippen molar-refractivity contribution in [2.45, 2.75) is 97.8 Å². The van der Waals surface area contributed by atoms with Crippen LogP contribution in [0.2, 0.25) is 0 Å². The molecule has 2 fully saturated rings. The van der Waals surface area contributed by atoms with Crippen LogP contribution in [0.1, 0.15) is 96.5 Å². The molecule has 1 spiro atoms. The molecule has 0 amide bonds. The van der Waals surface area contributed by atoms with Gasteiger partial charge in [0.1, 0.15) is 0 Å². The van der Waals surface area contributed by atoms with Crippen molar-refractivity contribution in [2.75, 3.05) is 26.2 Å². The number of aryl methyl sites for hydroxylation is 2. The van der Waals surface area contributed by atoms with Gasteiger partial charge in [0.25, 0.3) is 5.56 Å². The highest BCUT2D eigenvalue weighted by Gasteiger charge is 2.50. The maximum absolute atomic E-state index is 12.5. The molecule has 3 aromatic rings. The zero-order valence-electron chi connectivity index (χ0n) is 26.9. The van der Waals surface area contributed by atoms with Crippen molar-refractivity contribution in [3.05, 3.63) is 91.4 Å². The van der Waals surface area contributed by atoms with E-state index in [1.54, 1.807) is 4.57 Å². The number of fused-ring (bicyclic) bond motifs is 1. The fourth-order valence-corrected chi connectivity index (χ4v) is 7.59. The Bertz CT molecular complexity index is 1550. The number of hydrogen-bond acceptors (Lipinski definition) is 4. The quantitative estimate of drug-likeness (QED) is 0.352. The van der Waals surface area contributed by atoms with E-state index in [-0.39, 0.29) is 5.56 Å². The molecule has 1 saturated heterocycles. The first-order valence-corrected chi connectivity index (χ1v) is 16.2. The fourth-order valence-electron chi connectivity index (χ4n) is 7.59. The third-order valence-electron chi connectivity index (χ3n) is 10.9. The number of nitrogens with one attached hydrogen (secondary N) is 1. The normalized spacial score (nSPS) is 21.0. The molecule has 3 heterocycles. The average Bonchev–Trinajstić information content (AvgIpc) is 3.75. The topological polar surface area (TPSA) is 40.5 Å². The lowest BCUT2D eigenvalue weighted by Gasteiger charge is -2.43. The molecular formula is C37H50N4O. The van der Waals surface area contributed by atoms with Crippen LogP contribution in [0.4, 0.5) is 0 Å². The van der Waals surface area contributed by atoms with Gasteiger partial charge in [-0.1, -0.05) is 44.2 Å². The van der Waals surface area contributed by atoms with Gasteiger partial charge < -0.3 is 9.88 Å². The molecule has 2 unspecified atom stereocenters. The second kappa shape index (κ2) is 11.4. The van der Waals surface area contributed by atoms with Gasteiger partial charge in [-0.05, 0) is 110 Å². The molecule has 5 nitrogen and oxygen atoms in total. The molecule has 2 aromatic carbocycles. The zero-order chi connectivity index (χ0) is 29.8. The monoisotopic (exact) mass is 566 g/mol. The lowest BCUT2D eigenvalue weighted by molar-refractivity contribution is 0.0487. The van der Waals surface area contributed by atoms with Gasteiger partial charge in [0.2, 0.25) is 0 Å². The van der Waals surface area contributed by atoms with Crippen molar-refractivity contribution >= 4 is 0 Å². The second-order valence-electron chi connectivity index (χ2n) is 13.7. The maximum Gasteiger partial charge on any atom is 0.253 e. The largest absolute Gasteiger partial charge is 0.318 e. The number of aromatic nitrogens is 1. The lowest BCUT2D eigenvalue weighted by atomic mass is 9.86. The average molecular weight is 567 g/mol. The van der Waals surface area contributed by atoms with Crippen molar-refractivity contribution < 1.29 is 0 Å². The Morgan fingerprint density at radius 3 is 2.57 bits per heavy atom. The number of rotatable bonds is 7. The highest BCUT2D eigenvalue weighted by molar-refractivity contribution is 5.70. The lowest BCUT2D eigenvalue weighted by Crippen LogP contribution is -2.54. The summed E-state index contributed by atoms with van der Waals surface area (Å²) in [5, 5.41) is 3.64. The van der Waals surface area contributed by atoms with E-state index < -0.39 is 0 Å². The summed E-state index contributed by atoms with van der Waals surface area (Å²) >= 11 is 0. The van der Waals surface area contributed by atoms with Gasteiger partial charge in [-0.25, -0.2) is 0 Å². The first kappa shape index (κ1) is 29.3. The van der Waals surface area contributed by atoms with E-state index in [2.05, 4.69) is 80.1 Å². The minimum atomic E-state index is 0.0954. The summed E-state index contributed by atoms with van der Waals surface area (Å²) < 4.78 is 1.74. The summed E-state index contributed by atoms with van der Waals surface area (Å²) in [6, 6.07) is 12.5. The molecule has 5 heteroatoms. The highest BCUT2D eigenvalue weighted by Crippen LogP contribution is 2.46. The third-order valence-corrected chi connectivity index (χ3v) is 10.9. The van der Waals surface area contributed by atoms with E-state index in [0.29, 0.717) is 17.5 Å². The van der Waals surface area contributed by atoms with Crippen molar-refractivity contribution in [3.63, 3.8) is 0 Å². The standard InChI is InChI=1S/C37H50N4O/c1-8-24(2)32-19-31(35-21-39(7)36(42)27(5)26(35)4)17-25(3)34(32)22-40-15-16-41(37(23-40)12-13-37)20-29-9-10-30-11-14-38-28(6)33(30)18-29/h9-10,17-19,21,24,28,38H,8,11-16,20,22-23H2,1-7H3. The van der Waals surface area contributed by atoms with Gasteiger partial charge in [-0.2, -0.15) is 0 Å². The SMILES string of the molecule is CCC(C)c1cc(-c2cn(C)c(=O)c(C)c2C)cc(C)c1CN1CCN(Cc2ccc3c(c2)C(C)NCC3)C2(CC2)C1. The van der Waals surface area contributed by atoms with Crippen LogP contribution < -0.4 is 10.9 Å². The van der Waals surface area contributed by atoms with Gasteiger partial charge >= 0.3 is 0 Å². The molecule has 6 rings (SSSR count). The number of hydrogen-bond donors (Lipinski definition) is 1. The third kappa shape index (κ3) is 5.40. The Hall–Kier alpha value is -2.73. The molecule has 2 atom stereocenters. The molecule has 1 aliphatic carbocycles. The minimum absolute atomic E-state index is 0.0954. The van der Waals surface area contributed by atoms with Crippen LogP contribution in [0.3, 0.4) is 0 Å². The molecule has 2 aliphatic heterocycles. The van der Waals surface area contributed by atoms with Gasteiger partial charge in [0.05, 0.1) is 0 Å². The summed E-state index contributed by atoms with van der Waals surface area (Å²) in [6.45, 7) is 19.9. The van der Waals surface area contributed by atoms with Crippen LogP contribution in [0.5, 0.6) is 0 Å². The number of pyridine rings is 1. The van der Waals surface area contributed by atoms with Gasteiger partial charge in [-0.15, -0.1) is 0 Å². The molecule has 0 radical (unpaired) electrons. The number of benzene rings is 2. The van der Waals surface area contributed by atoms with Crippen LogP contribution in [0, 0.1) is 20.8 Å². The molecule has 1 aromatic heterocycles. The summed E-state index contributed by atoms with van der Waals surface area (Å²) in [4.78, 5) is 18.1. The van der Waals surface area contributed by atoms with Crippen molar-refractivity contribution in [1.29, 1.82) is 0 Å². The van der Waals surface area contributed by atoms with Crippen molar-refractivity contribution in [1.82, 2.24) is 19.7 Å². The van der Waals surface area contributed by atoms with Gasteiger partial charge in [0.15, 0.2) is 0 Å².